The van der Waals surface area contributed by atoms with E-state index < -0.39 is 11.6 Å². The molecule has 2 unspecified atom stereocenters. The van der Waals surface area contributed by atoms with Gasteiger partial charge in [-0.2, -0.15) is 0 Å². The van der Waals surface area contributed by atoms with Crippen LogP contribution in [0, 0.1) is 0 Å². The van der Waals surface area contributed by atoms with Crippen LogP contribution in [0.1, 0.15) is 39.5 Å². The topological polar surface area (TPSA) is 67.4 Å². The Morgan fingerprint density at radius 3 is 2.50 bits per heavy atom. The number of esters is 1. The lowest BCUT2D eigenvalue weighted by molar-refractivity contribution is -0.146. The second-order valence-corrected chi connectivity index (χ2v) is 4.42. The number of rotatable bonds is 5. The summed E-state index contributed by atoms with van der Waals surface area (Å²) in [5.74, 6) is -0.472. The summed E-state index contributed by atoms with van der Waals surface area (Å²) in [7, 11) is 1.33. The monoisotopic (exact) mass is 278 g/mol. The van der Waals surface area contributed by atoms with Gasteiger partial charge >= 0.3 is 5.97 Å². The number of amides is 1. The molecule has 0 saturated carbocycles. The van der Waals surface area contributed by atoms with E-state index in [1.807, 2.05) is 13.8 Å². The molecule has 1 aliphatic rings. The number of carbonyl (C=O) groups excluding carboxylic acids is 2. The molecule has 0 aromatic heterocycles. The van der Waals surface area contributed by atoms with Crippen molar-refractivity contribution in [1.82, 2.24) is 10.6 Å². The van der Waals surface area contributed by atoms with Gasteiger partial charge in [-0.15, -0.1) is 12.4 Å². The Balaban J connectivity index is 0.00000289. The molecule has 5 nitrogen and oxygen atoms in total. The van der Waals surface area contributed by atoms with E-state index in [1.165, 1.54) is 7.11 Å². The van der Waals surface area contributed by atoms with Crippen LogP contribution in [-0.2, 0) is 14.3 Å². The summed E-state index contributed by atoms with van der Waals surface area (Å²) in [5.41, 5.74) is -0.499. The van der Waals surface area contributed by atoms with E-state index in [2.05, 4.69) is 15.4 Å². The first kappa shape index (κ1) is 17.2. The first-order chi connectivity index (χ1) is 8.09. The Hall–Kier alpha value is -0.810. The number of carbonyl (C=O) groups is 2. The molecule has 1 rings (SSSR count). The number of ether oxygens (including phenoxy) is 1. The van der Waals surface area contributed by atoms with E-state index in [0.717, 1.165) is 25.8 Å². The Morgan fingerprint density at radius 2 is 2.11 bits per heavy atom. The number of methoxy groups -OCH3 is 1. The highest BCUT2D eigenvalue weighted by Gasteiger charge is 2.40. The SMILES string of the molecule is CCC(NC(=O)C1(CC)CCCN1)C(=O)OC.Cl. The third-order valence-corrected chi connectivity index (χ3v) is 3.48. The van der Waals surface area contributed by atoms with E-state index >= 15 is 0 Å². The fourth-order valence-electron chi connectivity index (χ4n) is 2.23. The predicted molar refractivity (Wildman–Crippen MR) is 71.7 cm³/mol. The largest absolute Gasteiger partial charge is 0.467 e. The maximum Gasteiger partial charge on any atom is 0.328 e. The summed E-state index contributed by atoms with van der Waals surface area (Å²) >= 11 is 0. The molecule has 0 aliphatic carbocycles. The van der Waals surface area contributed by atoms with Crippen LogP contribution in [0.4, 0.5) is 0 Å². The zero-order valence-corrected chi connectivity index (χ0v) is 12.1. The lowest BCUT2D eigenvalue weighted by Gasteiger charge is -2.28. The van der Waals surface area contributed by atoms with Gasteiger partial charge in [0, 0.05) is 0 Å². The summed E-state index contributed by atoms with van der Waals surface area (Å²) in [5, 5.41) is 6.02. The van der Waals surface area contributed by atoms with Gasteiger partial charge in [-0.25, -0.2) is 4.79 Å². The van der Waals surface area contributed by atoms with Crippen LogP contribution in [0.25, 0.3) is 0 Å². The third-order valence-electron chi connectivity index (χ3n) is 3.48. The summed E-state index contributed by atoms with van der Waals surface area (Å²) in [6.45, 7) is 4.69. The fourth-order valence-corrected chi connectivity index (χ4v) is 2.23. The quantitative estimate of drug-likeness (QED) is 0.737. The van der Waals surface area contributed by atoms with Gasteiger partial charge < -0.3 is 15.4 Å². The molecular weight excluding hydrogens is 256 g/mol. The van der Waals surface area contributed by atoms with Gasteiger partial charge in [-0.3, -0.25) is 4.79 Å². The Labute approximate surface area is 114 Å². The van der Waals surface area contributed by atoms with Crippen molar-refractivity contribution < 1.29 is 14.3 Å². The minimum atomic E-state index is -0.543. The van der Waals surface area contributed by atoms with Gasteiger partial charge in [0.25, 0.3) is 0 Å². The first-order valence-electron chi connectivity index (χ1n) is 6.23. The average Bonchev–Trinajstić information content (AvgIpc) is 2.84. The highest BCUT2D eigenvalue weighted by molar-refractivity contribution is 5.90. The predicted octanol–water partition coefficient (Wildman–Crippen LogP) is 1.01. The van der Waals surface area contributed by atoms with Gasteiger partial charge in [0.2, 0.25) is 5.91 Å². The molecule has 1 saturated heterocycles. The van der Waals surface area contributed by atoms with E-state index in [-0.39, 0.29) is 24.3 Å². The molecule has 6 heteroatoms. The van der Waals surface area contributed by atoms with E-state index in [1.54, 1.807) is 0 Å². The molecule has 1 heterocycles. The third kappa shape index (κ3) is 3.59. The van der Waals surface area contributed by atoms with Crippen molar-refractivity contribution in [3.63, 3.8) is 0 Å². The molecule has 0 aromatic carbocycles. The molecule has 0 radical (unpaired) electrons. The van der Waals surface area contributed by atoms with Crippen LogP contribution in [0.3, 0.4) is 0 Å². The lowest BCUT2D eigenvalue weighted by Crippen LogP contribution is -2.56. The Bertz CT molecular complexity index is 291. The second-order valence-electron chi connectivity index (χ2n) is 4.42. The van der Waals surface area contributed by atoms with Crippen LogP contribution < -0.4 is 10.6 Å². The molecule has 0 spiro atoms. The smallest absolute Gasteiger partial charge is 0.328 e. The van der Waals surface area contributed by atoms with Crippen molar-refractivity contribution >= 4 is 24.3 Å². The van der Waals surface area contributed by atoms with Gasteiger partial charge in [-0.1, -0.05) is 13.8 Å². The van der Waals surface area contributed by atoms with Crippen LogP contribution in [-0.4, -0.2) is 37.1 Å². The number of hydrogen-bond acceptors (Lipinski definition) is 4. The maximum absolute atomic E-state index is 12.2. The van der Waals surface area contributed by atoms with Crippen molar-refractivity contribution in [2.24, 2.45) is 0 Å². The van der Waals surface area contributed by atoms with Crippen LogP contribution >= 0.6 is 12.4 Å². The van der Waals surface area contributed by atoms with E-state index in [4.69, 9.17) is 0 Å². The maximum atomic E-state index is 12.2. The highest BCUT2D eigenvalue weighted by Crippen LogP contribution is 2.23. The molecule has 1 fully saturated rings. The molecular formula is C12H23ClN2O3. The normalized spacial score (nSPS) is 23.9. The average molecular weight is 279 g/mol. The first-order valence-corrected chi connectivity index (χ1v) is 6.23. The molecule has 1 aliphatic heterocycles. The van der Waals surface area contributed by atoms with Crippen molar-refractivity contribution in [1.29, 1.82) is 0 Å². The van der Waals surface area contributed by atoms with E-state index in [0.29, 0.717) is 6.42 Å². The zero-order valence-electron chi connectivity index (χ0n) is 11.2. The molecule has 2 N–H and O–H groups in total. The van der Waals surface area contributed by atoms with E-state index in [9.17, 15) is 9.59 Å². The van der Waals surface area contributed by atoms with Gasteiger partial charge in [-0.05, 0) is 32.2 Å². The van der Waals surface area contributed by atoms with Gasteiger partial charge in [0.15, 0.2) is 0 Å². The van der Waals surface area contributed by atoms with Gasteiger partial charge in [0.1, 0.15) is 6.04 Å². The highest BCUT2D eigenvalue weighted by atomic mass is 35.5. The molecule has 18 heavy (non-hydrogen) atoms. The summed E-state index contributed by atoms with van der Waals surface area (Å²) in [4.78, 5) is 23.6. The van der Waals surface area contributed by atoms with Crippen LogP contribution in [0.5, 0.6) is 0 Å². The number of hydrogen-bond donors (Lipinski definition) is 2. The van der Waals surface area contributed by atoms with Crippen LogP contribution in [0.2, 0.25) is 0 Å². The molecule has 0 bridgehead atoms. The van der Waals surface area contributed by atoms with Gasteiger partial charge in [0.05, 0.1) is 12.6 Å². The Kier molecular flexibility index (Phi) is 7.25. The van der Waals surface area contributed by atoms with Crippen molar-refractivity contribution in [2.75, 3.05) is 13.7 Å². The Morgan fingerprint density at radius 1 is 1.44 bits per heavy atom. The second kappa shape index (κ2) is 7.59. The van der Waals surface area contributed by atoms with Crippen molar-refractivity contribution in [3.8, 4) is 0 Å². The molecule has 0 aromatic rings. The lowest BCUT2D eigenvalue weighted by atomic mass is 9.92. The molecule has 2 atom stereocenters. The van der Waals surface area contributed by atoms with Crippen molar-refractivity contribution in [2.45, 2.75) is 51.1 Å². The minimum Gasteiger partial charge on any atom is -0.467 e. The summed E-state index contributed by atoms with van der Waals surface area (Å²) < 4.78 is 4.66. The number of nitrogens with one attached hydrogen (secondary N) is 2. The number of halogens is 1. The zero-order chi connectivity index (χ0) is 12.9. The minimum absolute atomic E-state index is 0. The van der Waals surface area contributed by atoms with Crippen molar-refractivity contribution in [3.05, 3.63) is 0 Å². The summed E-state index contributed by atoms with van der Waals surface area (Å²) in [6, 6.07) is -0.543. The standard InChI is InChI=1S/C12H22N2O3.ClH/c1-4-9(10(15)17-3)14-11(16)12(5-2)7-6-8-13-12;/h9,13H,4-8H2,1-3H3,(H,14,16);1H. The fraction of sp³-hybridized carbons (Fsp3) is 0.833. The van der Waals surface area contributed by atoms with Crippen LogP contribution in [0.15, 0.2) is 0 Å². The molecule has 106 valence electrons. The summed E-state index contributed by atoms with van der Waals surface area (Å²) in [6.07, 6.45) is 3.10. The molecule has 1 amide bonds.